The molecule has 2 aromatic rings. The zero-order chi connectivity index (χ0) is 17.2. The van der Waals surface area contributed by atoms with Crippen LogP contribution in [0.1, 0.15) is 12.8 Å². The van der Waals surface area contributed by atoms with Crippen LogP contribution in [0.25, 0.3) is 0 Å². The van der Waals surface area contributed by atoms with Crippen molar-refractivity contribution in [2.75, 3.05) is 13.1 Å². The van der Waals surface area contributed by atoms with Crippen molar-refractivity contribution in [2.24, 2.45) is 0 Å². The molecule has 5 nitrogen and oxygen atoms in total. The number of ether oxygens (including phenoxy) is 1. The molecule has 3 rings (SSSR count). The lowest BCUT2D eigenvalue weighted by atomic mass is 10.1. The van der Waals surface area contributed by atoms with E-state index in [2.05, 4.69) is 4.98 Å². The fourth-order valence-corrected chi connectivity index (χ4v) is 4.21. The minimum atomic E-state index is -4.04. The number of benzene rings is 1. The second-order valence-electron chi connectivity index (χ2n) is 5.50. The summed E-state index contributed by atoms with van der Waals surface area (Å²) in [6.07, 6.45) is 4.12. The molecule has 8 heteroatoms. The van der Waals surface area contributed by atoms with Crippen LogP contribution in [0.15, 0.2) is 47.6 Å². The lowest BCUT2D eigenvalue weighted by molar-refractivity contribution is 0.129. The Hall–Kier alpha value is -2.06. The lowest BCUT2D eigenvalue weighted by Crippen LogP contribution is -2.44. The first kappa shape index (κ1) is 16.8. The summed E-state index contributed by atoms with van der Waals surface area (Å²) >= 11 is 0. The van der Waals surface area contributed by atoms with E-state index in [9.17, 15) is 17.2 Å². The first-order chi connectivity index (χ1) is 11.5. The first-order valence-electron chi connectivity index (χ1n) is 7.49. The smallest absolute Gasteiger partial charge is 0.246 e. The van der Waals surface area contributed by atoms with Crippen molar-refractivity contribution in [2.45, 2.75) is 23.8 Å². The largest absolute Gasteiger partial charge is 0.489 e. The van der Waals surface area contributed by atoms with Gasteiger partial charge >= 0.3 is 0 Å². The molecule has 2 heterocycles. The number of rotatable bonds is 4. The van der Waals surface area contributed by atoms with Crippen LogP contribution in [0.3, 0.4) is 0 Å². The molecule has 24 heavy (non-hydrogen) atoms. The molecule has 1 aromatic carbocycles. The zero-order valence-electron chi connectivity index (χ0n) is 12.7. The van der Waals surface area contributed by atoms with E-state index in [0.717, 1.165) is 12.1 Å². The molecule has 1 aliphatic heterocycles. The van der Waals surface area contributed by atoms with Crippen LogP contribution in [0.5, 0.6) is 5.75 Å². The standard InChI is InChI=1S/C16H16F2N2O3S/c17-12-3-4-16(15(18)10-12)24(21,22)20-9-1-2-14(11-20)23-13-5-7-19-8-6-13/h3-8,10,14H,1-2,9,11H2. The molecule has 0 aliphatic carbocycles. The van der Waals surface area contributed by atoms with E-state index in [1.54, 1.807) is 24.5 Å². The molecular weight excluding hydrogens is 338 g/mol. The van der Waals surface area contributed by atoms with Gasteiger partial charge < -0.3 is 4.74 Å². The summed E-state index contributed by atoms with van der Waals surface area (Å²) in [7, 11) is -4.04. The average molecular weight is 354 g/mol. The summed E-state index contributed by atoms with van der Waals surface area (Å²) < 4.78 is 59.0. The number of piperidine rings is 1. The van der Waals surface area contributed by atoms with Crippen molar-refractivity contribution in [1.82, 2.24) is 9.29 Å². The van der Waals surface area contributed by atoms with E-state index in [0.29, 0.717) is 24.7 Å². The Labute approximate surface area is 138 Å². The Morgan fingerprint density at radius 2 is 1.92 bits per heavy atom. The summed E-state index contributed by atoms with van der Waals surface area (Å²) in [4.78, 5) is 3.37. The topological polar surface area (TPSA) is 59.5 Å². The van der Waals surface area contributed by atoms with Crippen molar-refractivity contribution in [1.29, 1.82) is 0 Å². The van der Waals surface area contributed by atoms with Crippen LogP contribution in [0, 0.1) is 11.6 Å². The highest BCUT2D eigenvalue weighted by molar-refractivity contribution is 7.89. The summed E-state index contributed by atoms with van der Waals surface area (Å²) in [6.45, 7) is 0.386. The van der Waals surface area contributed by atoms with Crippen molar-refractivity contribution in [3.63, 3.8) is 0 Å². The highest BCUT2D eigenvalue weighted by Crippen LogP contribution is 2.25. The van der Waals surface area contributed by atoms with Gasteiger partial charge in [-0.15, -0.1) is 0 Å². The van der Waals surface area contributed by atoms with Crippen molar-refractivity contribution < 1.29 is 21.9 Å². The normalized spacial score (nSPS) is 19.2. The monoisotopic (exact) mass is 354 g/mol. The van der Waals surface area contributed by atoms with Gasteiger partial charge in [0, 0.05) is 25.0 Å². The molecule has 1 saturated heterocycles. The molecule has 1 aromatic heterocycles. The predicted molar refractivity (Wildman–Crippen MR) is 83.0 cm³/mol. The van der Waals surface area contributed by atoms with E-state index >= 15 is 0 Å². The highest BCUT2D eigenvalue weighted by atomic mass is 32.2. The van der Waals surface area contributed by atoms with Crippen LogP contribution in [0.2, 0.25) is 0 Å². The predicted octanol–water partition coefficient (Wildman–Crippen LogP) is 2.59. The quantitative estimate of drug-likeness (QED) is 0.847. The maximum atomic E-state index is 13.9. The molecular formula is C16H16F2N2O3S. The molecule has 1 aliphatic rings. The molecule has 0 saturated carbocycles. The molecule has 1 atom stereocenters. The molecule has 0 bridgehead atoms. The van der Waals surface area contributed by atoms with Gasteiger partial charge in [-0.25, -0.2) is 17.2 Å². The Balaban J connectivity index is 1.78. The minimum absolute atomic E-state index is 0.113. The number of nitrogens with zero attached hydrogens (tertiary/aromatic N) is 2. The Morgan fingerprint density at radius 1 is 1.17 bits per heavy atom. The average Bonchev–Trinajstić information content (AvgIpc) is 2.56. The number of halogens is 2. The Kier molecular flexibility index (Phi) is 4.77. The maximum absolute atomic E-state index is 13.9. The second kappa shape index (κ2) is 6.82. The van der Waals surface area contributed by atoms with Gasteiger partial charge in [0.1, 0.15) is 28.4 Å². The fraction of sp³-hybridized carbons (Fsp3) is 0.312. The Bertz CT molecular complexity index is 815. The number of sulfonamides is 1. The zero-order valence-corrected chi connectivity index (χ0v) is 13.5. The third-order valence-electron chi connectivity index (χ3n) is 3.81. The summed E-state index contributed by atoms with van der Waals surface area (Å²) in [5, 5.41) is 0. The third kappa shape index (κ3) is 3.54. The van der Waals surface area contributed by atoms with Crippen LogP contribution >= 0.6 is 0 Å². The molecule has 128 valence electrons. The maximum Gasteiger partial charge on any atom is 0.246 e. The Morgan fingerprint density at radius 3 is 2.62 bits per heavy atom. The van der Waals surface area contributed by atoms with Crippen LogP contribution in [0.4, 0.5) is 8.78 Å². The summed E-state index contributed by atoms with van der Waals surface area (Å²) in [5.74, 6) is -1.31. The molecule has 0 spiro atoms. The number of hydrogen-bond acceptors (Lipinski definition) is 4. The van der Waals surface area contributed by atoms with E-state index in [-0.39, 0.29) is 19.2 Å². The fourth-order valence-electron chi connectivity index (χ4n) is 2.65. The van der Waals surface area contributed by atoms with Crippen LogP contribution in [-0.2, 0) is 10.0 Å². The summed E-state index contributed by atoms with van der Waals surface area (Å²) in [5.41, 5.74) is 0. The molecule has 0 radical (unpaired) electrons. The van der Waals surface area contributed by atoms with E-state index in [1.807, 2.05) is 0 Å². The van der Waals surface area contributed by atoms with Gasteiger partial charge in [0.2, 0.25) is 10.0 Å². The first-order valence-corrected chi connectivity index (χ1v) is 8.93. The van der Waals surface area contributed by atoms with Gasteiger partial charge in [-0.1, -0.05) is 0 Å². The van der Waals surface area contributed by atoms with Gasteiger partial charge in [-0.2, -0.15) is 4.31 Å². The lowest BCUT2D eigenvalue weighted by Gasteiger charge is -2.32. The van der Waals surface area contributed by atoms with Gasteiger partial charge in [0.05, 0.1) is 6.54 Å². The minimum Gasteiger partial charge on any atom is -0.489 e. The van der Waals surface area contributed by atoms with Crippen molar-refractivity contribution >= 4 is 10.0 Å². The number of aromatic nitrogens is 1. The van der Waals surface area contributed by atoms with Gasteiger partial charge in [-0.05, 0) is 37.1 Å². The summed E-state index contributed by atoms with van der Waals surface area (Å²) in [6, 6.07) is 5.83. The van der Waals surface area contributed by atoms with Crippen molar-refractivity contribution in [3.8, 4) is 5.75 Å². The van der Waals surface area contributed by atoms with E-state index in [4.69, 9.17) is 4.74 Å². The molecule has 1 fully saturated rings. The number of hydrogen-bond donors (Lipinski definition) is 0. The molecule has 0 amide bonds. The highest BCUT2D eigenvalue weighted by Gasteiger charge is 2.33. The SMILES string of the molecule is O=S(=O)(c1ccc(F)cc1F)N1CCCC(Oc2ccncc2)C1. The molecule has 1 unspecified atom stereocenters. The van der Waals surface area contributed by atoms with Crippen LogP contribution in [-0.4, -0.2) is 36.9 Å². The van der Waals surface area contributed by atoms with Gasteiger partial charge in [-0.3, -0.25) is 4.98 Å². The van der Waals surface area contributed by atoms with E-state index in [1.165, 1.54) is 4.31 Å². The third-order valence-corrected chi connectivity index (χ3v) is 5.70. The van der Waals surface area contributed by atoms with Gasteiger partial charge in [0.15, 0.2) is 0 Å². The number of pyridine rings is 1. The van der Waals surface area contributed by atoms with Gasteiger partial charge in [0.25, 0.3) is 0 Å². The second-order valence-corrected chi connectivity index (χ2v) is 7.41. The molecule has 0 N–H and O–H groups in total. The van der Waals surface area contributed by atoms with Crippen molar-refractivity contribution in [3.05, 3.63) is 54.4 Å². The van der Waals surface area contributed by atoms with E-state index < -0.39 is 26.6 Å². The van der Waals surface area contributed by atoms with Crippen LogP contribution < -0.4 is 4.74 Å².